The molecular formula is C17H17N3O5S2. The fourth-order valence-corrected chi connectivity index (χ4v) is 4.05. The quantitative estimate of drug-likeness (QED) is 0.426. The number of amides is 1. The van der Waals surface area contributed by atoms with E-state index in [2.05, 4.69) is 10.3 Å². The van der Waals surface area contributed by atoms with Gasteiger partial charge in [0, 0.05) is 23.2 Å². The molecule has 8 nitrogen and oxygen atoms in total. The third kappa shape index (κ3) is 5.04. The molecule has 1 saturated carbocycles. The first-order chi connectivity index (χ1) is 12.8. The van der Waals surface area contributed by atoms with Crippen LogP contribution in [0.25, 0.3) is 0 Å². The molecule has 1 aliphatic carbocycles. The fourth-order valence-electron chi connectivity index (χ4n) is 2.17. The number of carbonyl (C=O) groups excluding carboxylic acids is 2. The van der Waals surface area contributed by atoms with Gasteiger partial charge < -0.3 is 10.1 Å². The minimum Gasteiger partial charge on any atom is -0.449 e. The van der Waals surface area contributed by atoms with Crippen LogP contribution in [0, 0.1) is 17.0 Å². The van der Waals surface area contributed by atoms with E-state index in [1.54, 1.807) is 0 Å². The highest BCUT2D eigenvalue weighted by Crippen LogP contribution is 2.36. The van der Waals surface area contributed by atoms with Crippen LogP contribution in [-0.2, 0) is 9.53 Å². The van der Waals surface area contributed by atoms with Crippen LogP contribution in [0.4, 0.5) is 5.69 Å². The maximum atomic E-state index is 12.3. The molecule has 1 aromatic carbocycles. The zero-order valence-corrected chi connectivity index (χ0v) is 16.3. The van der Waals surface area contributed by atoms with Gasteiger partial charge in [0.2, 0.25) is 0 Å². The lowest BCUT2D eigenvalue weighted by molar-refractivity contribution is -0.387. The van der Waals surface area contributed by atoms with Crippen molar-refractivity contribution in [3.05, 3.63) is 45.0 Å². The molecule has 10 heteroatoms. The molecule has 2 aromatic rings. The molecule has 0 aliphatic heterocycles. The SMILES string of the molecule is Cc1csc(Sc2ccc(C(=O)OC(C)C(=O)NC3CC3)cc2[N+](=O)[O-])n1. The second kappa shape index (κ2) is 8.05. The van der Waals surface area contributed by atoms with Gasteiger partial charge in [-0.2, -0.15) is 0 Å². The Hall–Kier alpha value is -2.46. The smallest absolute Gasteiger partial charge is 0.339 e. The average Bonchev–Trinajstić information content (AvgIpc) is 3.34. The second-order valence-electron chi connectivity index (χ2n) is 6.13. The van der Waals surface area contributed by atoms with E-state index in [1.165, 1.54) is 42.2 Å². The zero-order valence-electron chi connectivity index (χ0n) is 14.6. The molecule has 1 aromatic heterocycles. The number of hydrogen-bond acceptors (Lipinski definition) is 8. The zero-order chi connectivity index (χ0) is 19.6. The molecule has 1 aliphatic rings. The summed E-state index contributed by atoms with van der Waals surface area (Å²) in [5.41, 5.74) is 0.647. The lowest BCUT2D eigenvalue weighted by Crippen LogP contribution is -2.37. The minimum absolute atomic E-state index is 0.0208. The van der Waals surface area contributed by atoms with Gasteiger partial charge in [0.15, 0.2) is 10.4 Å². The van der Waals surface area contributed by atoms with E-state index in [4.69, 9.17) is 4.74 Å². The highest BCUT2D eigenvalue weighted by atomic mass is 32.2. The molecule has 0 saturated heterocycles. The highest BCUT2D eigenvalue weighted by molar-refractivity contribution is 8.01. The molecule has 0 radical (unpaired) electrons. The van der Waals surface area contributed by atoms with Crippen LogP contribution in [0.1, 0.15) is 35.8 Å². The summed E-state index contributed by atoms with van der Waals surface area (Å²) in [5, 5.41) is 16.0. The van der Waals surface area contributed by atoms with Crippen molar-refractivity contribution >= 4 is 40.7 Å². The maximum absolute atomic E-state index is 12.3. The number of aryl methyl sites for hydroxylation is 1. The number of rotatable bonds is 7. The van der Waals surface area contributed by atoms with Gasteiger partial charge in [-0.15, -0.1) is 11.3 Å². The van der Waals surface area contributed by atoms with Crippen LogP contribution in [0.2, 0.25) is 0 Å². The third-order valence-electron chi connectivity index (χ3n) is 3.76. The van der Waals surface area contributed by atoms with Crippen LogP contribution in [0.3, 0.4) is 0 Å². The van der Waals surface area contributed by atoms with Gasteiger partial charge in [-0.3, -0.25) is 14.9 Å². The standard InChI is InChI=1S/C17H17N3O5S2/c1-9-8-26-17(18-9)27-14-6-3-11(7-13(14)20(23)24)16(22)25-10(2)15(21)19-12-4-5-12/h3,6-8,10,12H,4-5H2,1-2H3,(H,19,21). The number of hydrogen-bond donors (Lipinski definition) is 1. The summed E-state index contributed by atoms with van der Waals surface area (Å²) in [7, 11) is 0. The molecule has 1 heterocycles. The van der Waals surface area contributed by atoms with Crippen LogP contribution in [0.15, 0.2) is 32.8 Å². The number of ether oxygens (including phenoxy) is 1. The lowest BCUT2D eigenvalue weighted by atomic mass is 10.2. The first-order valence-electron chi connectivity index (χ1n) is 8.23. The van der Waals surface area contributed by atoms with Crippen LogP contribution in [0.5, 0.6) is 0 Å². The molecule has 0 spiro atoms. The number of nitrogens with one attached hydrogen (secondary N) is 1. The first kappa shape index (κ1) is 19.3. The summed E-state index contributed by atoms with van der Waals surface area (Å²) in [6.07, 6.45) is 0.886. The Bertz CT molecular complexity index is 894. The van der Waals surface area contributed by atoms with E-state index in [1.807, 2.05) is 12.3 Å². The molecule has 1 N–H and O–H groups in total. The summed E-state index contributed by atoms with van der Waals surface area (Å²) in [4.78, 5) is 39.7. The summed E-state index contributed by atoms with van der Waals surface area (Å²) in [6.45, 7) is 3.31. The maximum Gasteiger partial charge on any atom is 0.339 e. The number of thiazole rings is 1. The predicted molar refractivity (Wildman–Crippen MR) is 100 cm³/mol. The molecule has 0 bridgehead atoms. The monoisotopic (exact) mass is 407 g/mol. The van der Waals surface area contributed by atoms with E-state index in [0.717, 1.165) is 24.6 Å². The van der Waals surface area contributed by atoms with Crippen molar-refractivity contribution in [3.63, 3.8) is 0 Å². The van der Waals surface area contributed by atoms with E-state index >= 15 is 0 Å². The number of nitro benzene ring substituents is 1. The summed E-state index contributed by atoms with van der Waals surface area (Å²) in [6, 6.07) is 4.26. The van der Waals surface area contributed by atoms with Crippen LogP contribution >= 0.6 is 23.1 Å². The van der Waals surface area contributed by atoms with Crippen molar-refractivity contribution in [1.82, 2.24) is 10.3 Å². The van der Waals surface area contributed by atoms with Gasteiger partial charge in [-0.25, -0.2) is 9.78 Å². The van der Waals surface area contributed by atoms with Gasteiger partial charge >= 0.3 is 5.97 Å². The lowest BCUT2D eigenvalue weighted by Gasteiger charge is -2.13. The Morgan fingerprint density at radius 2 is 2.19 bits per heavy atom. The molecule has 1 atom stereocenters. The average molecular weight is 407 g/mol. The van der Waals surface area contributed by atoms with Crippen molar-refractivity contribution in [1.29, 1.82) is 0 Å². The molecule has 3 rings (SSSR count). The predicted octanol–water partition coefficient (Wildman–Crippen LogP) is 3.33. The second-order valence-corrected chi connectivity index (χ2v) is 8.27. The molecule has 1 fully saturated rings. The van der Waals surface area contributed by atoms with E-state index < -0.39 is 17.0 Å². The van der Waals surface area contributed by atoms with Crippen molar-refractivity contribution in [2.24, 2.45) is 0 Å². The number of nitro groups is 1. The number of aromatic nitrogens is 1. The van der Waals surface area contributed by atoms with Crippen LogP contribution in [-0.4, -0.2) is 33.9 Å². The largest absolute Gasteiger partial charge is 0.449 e. The summed E-state index contributed by atoms with van der Waals surface area (Å²) < 4.78 is 5.81. The summed E-state index contributed by atoms with van der Waals surface area (Å²) >= 11 is 2.56. The molecule has 142 valence electrons. The molecular weight excluding hydrogens is 390 g/mol. The number of nitrogens with zero attached hydrogens (tertiary/aromatic N) is 2. The normalized spacial score (nSPS) is 14.4. The van der Waals surface area contributed by atoms with Crippen molar-refractivity contribution in [2.45, 2.75) is 48.1 Å². The Morgan fingerprint density at radius 1 is 1.44 bits per heavy atom. The van der Waals surface area contributed by atoms with Gasteiger partial charge in [0.25, 0.3) is 11.6 Å². The Balaban J connectivity index is 1.73. The minimum atomic E-state index is -0.968. The third-order valence-corrected chi connectivity index (χ3v) is 5.88. The van der Waals surface area contributed by atoms with Crippen molar-refractivity contribution in [2.75, 3.05) is 0 Å². The van der Waals surface area contributed by atoms with Gasteiger partial charge in [0.1, 0.15) is 0 Å². The number of carbonyl (C=O) groups is 2. The van der Waals surface area contributed by atoms with E-state index in [-0.39, 0.29) is 23.2 Å². The first-order valence-corrected chi connectivity index (χ1v) is 9.93. The van der Waals surface area contributed by atoms with Crippen molar-refractivity contribution in [3.8, 4) is 0 Å². The number of esters is 1. The van der Waals surface area contributed by atoms with Gasteiger partial charge in [-0.1, -0.05) is 11.8 Å². The summed E-state index contributed by atoms with van der Waals surface area (Å²) in [5.74, 6) is -1.15. The van der Waals surface area contributed by atoms with E-state index in [9.17, 15) is 19.7 Å². The molecule has 27 heavy (non-hydrogen) atoms. The Labute approximate surface area is 163 Å². The highest BCUT2D eigenvalue weighted by Gasteiger charge is 2.28. The Kier molecular flexibility index (Phi) is 5.76. The Morgan fingerprint density at radius 3 is 2.78 bits per heavy atom. The van der Waals surface area contributed by atoms with E-state index in [0.29, 0.717) is 9.24 Å². The van der Waals surface area contributed by atoms with Gasteiger partial charge in [-0.05, 0) is 38.8 Å². The molecule has 1 amide bonds. The fraction of sp³-hybridized carbons (Fsp3) is 0.353. The van der Waals surface area contributed by atoms with Crippen LogP contribution < -0.4 is 5.32 Å². The topological polar surface area (TPSA) is 111 Å². The molecule has 1 unspecified atom stereocenters. The van der Waals surface area contributed by atoms with Crippen molar-refractivity contribution < 1.29 is 19.2 Å². The van der Waals surface area contributed by atoms with Gasteiger partial charge in [0.05, 0.1) is 15.4 Å². The number of benzene rings is 1.